The molecule has 2 heterocycles. The molecule has 164 valence electrons. The number of nitrogens with one attached hydrogen (secondary N) is 2. The number of hydrogen-bond acceptors (Lipinski definition) is 6. The minimum atomic E-state index is -0.459. The van der Waals surface area contributed by atoms with Gasteiger partial charge < -0.3 is 15.5 Å². The molecule has 0 radical (unpaired) electrons. The molecule has 1 fully saturated rings. The number of anilines is 1. The Morgan fingerprint density at radius 2 is 2.10 bits per heavy atom. The van der Waals surface area contributed by atoms with Gasteiger partial charge in [-0.05, 0) is 51.1 Å². The van der Waals surface area contributed by atoms with Gasteiger partial charge in [-0.3, -0.25) is 19.9 Å². The Morgan fingerprint density at radius 3 is 2.73 bits per heavy atom. The highest BCUT2D eigenvalue weighted by Gasteiger charge is 2.30. The van der Waals surface area contributed by atoms with Crippen LogP contribution in [0.3, 0.4) is 0 Å². The van der Waals surface area contributed by atoms with Gasteiger partial charge in [0.25, 0.3) is 11.6 Å². The quantitative estimate of drug-likeness (QED) is 0.485. The number of likely N-dealkylation sites (tertiary alicyclic amines) is 1. The third kappa shape index (κ3) is 5.81. The van der Waals surface area contributed by atoms with Gasteiger partial charge in [0.15, 0.2) is 0 Å². The van der Waals surface area contributed by atoms with Gasteiger partial charge in [-0.2, -0.15) is 0 Å². The molecule has 1 aliphatic heterocycles. The van der Waals surface area contributed by atoms with E-state index in [1.54, 1.807) is 23.2 Å². The van der Waals surface area contributed by atoms with Crippen LogP contribution < -0.4 is 10.6 Å². The number of likely N-dealkylation sites (N-methyl/N-ethyl adjacent to an activating group) is 1. The standard InChI is InChI=1S/C20H25N5O3.2ClH/c1-14(17-7-3-4-10-22-17)23-18-9-8-15(12-19(18)25(27)28)20(26)24-11-5-6-16(24)13-21-2;;/h3-4,7-10,12,14,16,21,23H,5-6,11,13H2,1-2H3;2*1H. The summed E-state index contributed by atoms with van der Waals surface area (Å²) in [5.41, 5.74) is 1.38. The summed E-state index contributed by atoms with van der Waals surface area (Å²) < 4.78 is 0. The van der Waals surface area contributed by atoms with Crippen molar-refractivity contribution in [3.63, 3.8) is 0 Å². The van der Waals surface area contributed by atoms with Gasteiger partial charge in [-0.25, -0.2) is 0 Å². The number of rotatable bonds is 7. The first-order valence-electron chi connectivity index (χ1n) is 9.42. The maximum Gasteiger partial charge on any atom is 0.293 e. The summed E-state index contributed by atoms with van der Waals surface area (Å²) in [6, 6.07) is 10.1. The molecule has 3 rings (SSSR count). The summed E-state index contributed by atoms with van der Waals surface area (Å²) in [6.07, 6.45) is 3.57. The number of nitro benzene ring substituents is 1. The summed E-state index contributed by atoms with van der Waals surface area (Å²) >= 11 is 0. The van der Waals surface area contributed by atoms with Crippen molar-refractivity contribution < 1.29 is 9.72 Å². The zero-order chi connectivity index (χ0) is 20.1. The van der Waals surface area contributed by atoms with Crippen LogP contribution in [0.25, 0.3) is 0 Å². The lowest BCUT2D eigenvalue weighted by molar-refractivity contribution is -0.384. The van der Waals surface area contributed by atoms with Crippen molar-refractivity contribution in [2.24, 2.45) is 0 Å². The number of benzene rings is 1. The number of pyridine rings is 1. The average molecular weight is 456 g/mol. The van der Waals surface area contributed by atoms with Gasteiger partial charge in [-0.15, -0.1) is 24.8 Å². The molecular weight excluding hydrogens is 429 g/mol. The molecule has 30 heavy (non-hydrogen) atoms. The van der Waals surface area contributed by atoms with E-state index in [1.165, 1.54) is 6.07 Å². The predicted octanol–water partition coefficient (Wildman–Crippen LogP) is 3.83. The van der Waals surface area contributed by atoms with Crippen LogP contribution in [0, 0.1) is 10.1 Å². The monoisotopic (exact) mass is 455 g/mol. The third-order valence-corrected chi connectivity index (χ3v) is 5.02. The first kappa shape index (κ1) is 25.6. The van der Waals surface area contributed by atoms with Gasteiger partial charge in [-0.1, -0.05) is 6.07 Å². The van der Waals surface area contributed by atoms with Crippen molar-refractivity contribution in [2.75, 3.05) is 25.5 Å². The normalized spacial score (nSPS) is 16.2. The summed E-state index contributed by atoms with van der Waals surface area (Å²) in [5.74, 6) is -0.162. The van der Waals surface area contributed by atoms with Crippen LogP contribution in [0.2, 0.25) is 0 Å². The van der Waals surface area contributed by atoms with Gasteiger partial charge >= 0.3 is 0 Å². The lowest BCUT2D eigenvalue weighted by atomic mass is 10.1. The minimum Gasteiger partial charge on any atom is -0.371 e. The molecule has 1 amide bonds. The number of halogens is 2. The number of carbonyl (C=O) groups excluding carboxylic acids is 1. The second-order valence-electron chi connectivity index (χ2n) is 6.96. The lowest BCUT2D eigenvalue weighted by Gasteiger charge is -2.24. The number of carbonyl (C=O) groups is 1. The average Bonchev–Trinajstić information content (AvgIpc) is 3.16. The SMILES string of the molecule is CNCC1CCCN1C(=O)c1ccc(NC(C)c2ccccn2)c([N+](=O)[O-])c1.Cl.Cl. The number of nitro groups is 1. The van der Waals surface area contributed by atoms with Crippen molar-refractivity contribution in [3.8, 4) is 0 Å². The second-order valence-corrected chi connectivity index (χ2v) is 6.96. The van der Waals surface area contributed by atoms with Crippen molar-refractivity contribution >= 4 is 42.1 Å². The van der Waals surface area contributed by atoms with E-state index < -0.39 is 4.92 Å². The fourth-order valence-electron chi connectivity index (χ4n) is 3.59. The molecule has 2 aromatic rings. The highest BCUT2D eigenvalue weighted by atomic mass is 35.5. The topological polar surface area (TPSA) is 100 Å². The second kappa shape index (κ2) is 11.7. The molecule has 2 unspecified atom stereocenters. The van der Waals surface area contributed by atoms with Crippen LogP contribution in [-0.4, -0.2) is 46.9 Å². The molecule has 0 spiro atoms. The summed E-state index contributed by atoms with van der Waals surface area (Å²) in [7, 11) is 1.86. The summed E-state index contributed by atoms with van der Waals surface area (Å²) in [6.45, 7) is 3.28. The Labute approximate surface area is 188 Å². The maximum absolute atomic E-state index is 12.9. The Morgan fingerprint density at radius 1 is 1.33 bits per heavy atom. The lowest BCUT2D eigenvalue weighted by Crippen LogP contribution is -2.40. The Balaban J connectivity index is 0.00000225. The van der Waals surface area contributed by atoms with Crippen molar-refractivity contribution in [1.29, 1.82) is 0 Å². The maximum atomic E-state index is 12.9. The van der Waals surface area contributed by atoms with E-state index in [0.717, 1.165) is 25.1 Å². The molecule has 1 aromatic heterocycles. The van der Waals surface area contributed by atoms with E-state index in [9.17, 15) is 14.9 Å². The Hall–Kier alpha value is -2.42. The highest BCUT2D eigenvalue weighted by Crippen LogP contribution is 2.30. The zero-order valence-electron chi connectivity index (χ0n) is 16.9. The third-order valence-electron chi connectivity index (χ3n) is 5.02. The van der Waals surface area contributed by atoms with E-state index in [0.29, 0.717) is 17.8 Å². The first-order valence-corrected chi connectivity index (χ1v) is 9.42. The molecule has 8 nitrogen and oxygen atoms in total. The molecule has 0 saturated carbocycles. The van der Waals surface area contributed by atoms with Gasteiger partial charge in [0.1, 0.15) is 5.69 Å². The van der Waals surface area contributed by atoms with Crippen molar-refractivity contribution in [3.05, 3.63) is 64.0 Å². The number of nitrogens with zero attached hydrogens (tertiary/aromatic N) is 3. The summed E-state index contributed by atoms with van der Waals surface area (Å²) in [5, 5.41) is 17.9. The predicted molar refractivity (Wildman–Crippen MR) is 122 cm³/mol. The fourth-order valence-corrected chi connectivity index (χ4v) is 3.59. The largest absolute Gasteiger partial charge is 0.371 e. The van der Waals surface area contributed by atoms with E-state index in [2.05, 4.69) is 15.6 Å². The van der Waals surface area contributed by atoms with E-state index in [-0.39, 0.29) is 48.5 Å². The number of hydrogen-bond donors (Lipinski definition) is 2. The minimum absolute atomic E-state index is 0. The molecule has 2 N–H and O–H groups in total. The zero-order valence-corrected chi connectivity index (χ0v) is 18.5. The smallest absolute Gasteiger partial charge is 0.293 e. The van der Waals surface area contributed by atoms with Crippen LogP contribution in [0.1, 0.15) is 41.9 Å². The molecule has 0 bridgehead atoms. The van der Waals surface area contributed by atoms with E-state index >= 15 is 0 Å². The molecule has 2 atom stereocenters. The Bertz CT molecular complexity index is 854. The van der Waals surface area contributed by atoms with Crippen LogP contribution in [0.15, 0.2) is 42.6 Å². The summed E-state index contributed by atoms with van der Waals surface area (Å²) in [4.78, 5) is 30.1. The Kier molecular flexibility index (Phi) is 9.98. The molecule has 1 saturated heterocycles. The highest BCUT2D eigenvalue weighted by molar-refractivity contribution is 5.96. The molecule has 10 heteroatoms. The van der Waals surface area contributed by atoms with Crippen molar-refractivity contribution in [1.82, 2.24) is 15.2 Å². The van der Waals surface area contributed by atoms with Gasteiger partial charge in [0.05, 0.1) is 16.7 Å². The molecule has 0 aliphatic carbocycles. The fraction of sp³-hybridized carbons (Fsp3) is 0.400. The molecular formula is C20H27Cl2N5O3. The van der Waals surface area contributed by atoms with Crippen LogP contribution >= 0.6 is 24.8 Å². The van der Waals surface area contributed by atoms with Crippen molar-refractivity contribution in [2.45, 2.75) is 31.8 Å². The van der Waals surface area contributed by atoms with Gasteiger partial charge in [0, 0.05) is 37.0 Å². The molecule has 1 aliphatic rings. The van der Waals surface area contributed by atoms with Crippen LogP contribution in [-0.2, 0) is 0 Å². The van der Waals surface area contributed by atoms with Crippen LogP contribution in [0.4, 0.5) is 11.4 Å². The van der Waals surface area contributed by atoms with Crippen LogP contribution in [0.5, 0.6) is 0 Å². The van der Waals surface area contributed by atoms with E-state index in [1.807, 2.05) is 32.2 Å². The number of aromatic nitrogens is 1. The molecule has 1 aromatic carbocycles. The van der Waals surface area contributed by atoms with E-state index in [4.69, 9.17) is 0 Å². The number of amides is 1. The van der Waals surface area contributed by atoms with Gasteiger partial charge in [0.2, 0.25) is 0 Å². The first-order chi connectivity index (χ1) is 13.5.